The molecule has 0 aliphatic rings. The Hall–Kier alpha value is -1.41. The summed E-state index contributed by atoms with van der Waals surface area (Å²) in [6.45, 7) is 6.20. The lowest BCUT2D eigenvalue weighted by atomic mass is 9.93. The van der Waals surface area contributed by atoms with E-state index in [1.54, 1.807) is 0 Å². The van der Waals surface area contributed by atoms with Gasteiger partial charge in [-0.25, -0.2) is 0 Å². The third kappa shape index (κ3) is 2.39. The fourth-order valence-electron chi connectivity index (χ4n) is 2.06. The number of nitrogens with zero attached hydrogens (tertiary/aromatic N) is 1. The third-order valence-corrected chi connectivity index (χ3v) is 2.57. The summed E-state index contributed by atoms with van der Waals surface area (Å²) in [6, 6.07) is 8.42. The quantitative estimate of drug-likeness (QED) is 0.835. The summed E-state index contributed by atoms with van der Waals surface area (Å²) in [7, 11) is 0. The number of rotatable bonds is 2. The summed E-state index contributed by atoms with van der Waals surface area (Å²) in [6.07, 6.45) is 2.69. The van der Waals surface area contributed by atoms with Gasteiger partial charge in [0.2, 0.25) is 0 Å². The highest BCUT2D eigenvalue weighted by Gasteiger charge is 2.14. The zero-order valence-electron chi connectivity index (χ0n) is 10.1. The minimum absolute atomic E-state index is 0.196. The molecule has 0 radical (unpaired) electrons. The van der Waals surface area contributed by atoms with Crippen LogP contribution in [-0.4, -0.2) is 10.5 Å². The molecule has 84 valence electrons. The van der Waals surface area contributed by atoms with Crippen LogP contribution in [0.3, 0.4) is 0 Å². The number of nitrogens with two attached hydrogens (primary N) is 1. The number of hydrogen-bond acceptors (Lipinski definition) is 2. The van der Waals surface area contributed by atoms with Gasteiger partial charge in [0.15, 0.2) is 0 Å². The van der Waals surface area contributed by atoms with Crippen LogP contribution in [0, 0.1) is 6.92 Å². The van der Waals surface area contributed by atoms with Crippen LogP contribution in [0.4, 0.5) is 0 Å². The van der Waals surface area contributed by atoms with E-state index in [-0.39, 0.29) is 5.54 Å². The molecule has 2 N–H and O–H groups in total. The van der Waals surface area contributed by atoms with Gasteiger partial charge >= 0.3 is 0 Å². The minimum Gasteiger partial charge on any atom is -0.325 e. The molecule has 0 unspecified atom stereocenters. The van der Waals surface area contributed by atoms with Crippen molar-refractivity contribution in [2.45, 2.75) is 32.7 Å². The predicted octanol–water partition coefficient (Wildman–Crippen LogP) is 2.82. The van der Waals surface area contributed by atoms with Crippen LogP contribution in [-0.2, 0) is 6.42 Å². The maximum atomic E-state index is 6.08. The lowest BCUT2D eigenvalue weighted by Crippen LogP contribution is -2.34. The van der Waals surface area contributed by atoms with Crippen LogP contribution in [0.15, 0.2) is 30.5 Å². The van der Waals surface area contributed by atoms with Gasteiger partial charge in [-0.1, -0.05) is 17.7 Å². The molecular weight excluding hydrogens is 196 g/mol. The highest BCUT2D eigenvalue weighted by molar-refractivity contribution is 5.82. The first-order chi connectivity index (χ1) is 7.46. The molecule has 16 heavy (non-hydrogen) atoms. The van der Waals surface area contributed by atoms with Gasteiger partial charge in [-0.2, -0.15) is 0 Å². The number of aromatic nitrogens is 1. The Bertz CT molecular complexity index is 510. The molecule has 1 aromatic carbocycles. The topological polar surface area (TPSA) is 38.9 Å². The van der Waals surface area contributed by atoms with Crippen LogP contribution >= 0.6 is 0 Å². The molecule has 1 aromatic heterocycles. The molecule has 0 saturated heterocycles. The molecule has 1 heterocycles. The predicted molar refractivity (Wildman–Crippen MR) is 68.5 cm³/mol. The van der Waals surface area contributed by atoms with E-state index in [0.29, 0.717) is 0 Å². The van der Waals surface area contributed by atoms with E-state index in [1.165, 1.54) is 16.5 Å². The molecule has 0 saturated carbocycles. The number of hydrogen-bond donors (Lipinski definition) is 1. The van der Waals surface area contributed by atoms with Gasteiger partial charge in [-0.15, -0.1) is 0 Å². The van der Waals surface area contributed by atoms with Crippen LogP contribution in [0.2, 0.25) is 0 Å². The largest absolute Gasteiger partial charge is 0.325 e. The van der Waals surface area contributed by atoms with Gasteiger partial charge < -0.3 is 5.73 Å². The molecule has 2 nitrogen and oxygen atoms in total. The second-order valence-corrected chi connectivity index (χ2v) is 5.16. The van der Waals surface area contributed by atoms with Crippen LogP contribution in [0.1, 0.15) is 25.0 Å². The Labute approximate surface area is 96.5 Å². The molecule has 0 aliphatic heterocycles. The van der Waals surface area contributed by atoms with Crippen molar-refractivity contribution >= 4 is 10.9 Å². The Balaban J connectivity index is 2.59. The number of pyridine rings is 1. The first-order valence-corrected chi connectivity index (χ1v) is 5.59. The van der Waals surface area contributed by atoms with Crippen molar-refractivity contribution in [2.24, 2.45) is 5.73 Å². The summed E-state index contributed by atoms with van der Waals surface area (Å²) in [5.41, 5.74) is 9.46. The molecule has 2 heteroatoms. The van der Waals surface area contributed by atoms with Crippen molar-refractivity contribution in [3.8, 4) is 0 Å². The average Bonchev–Trinajstić information content (AvgIpc) is 2.14. The Morgan fingerprint density at radius 3 is 2.75 bits per heavy atom. The first kappa shape index (κ1) is 11.1. The van der Waals surface area contributed by atoms with Crippen molar-refractivity contribution < 1.29 is 0 Å². The lowest BCUT2D eigenvalue weighted by Gasteiger charge is -2.19. The summed E-state index contributed by atoms with van der Waals surface area (Å²) in [4.78, 5) is 4.45. The van der Waals surface area contributed by atoms with Gasteiger partial charge in [-0.3, -0.25) is 4.98 Å². The van der Waals surface area contributed by atoms with E-state index in [4.69, 9.17) is 5.73 Å². The van der Waals surface area contributed by atoms with Crippen LogP contribution in [0.25, 0.3) is 10.9 Å². The van der Waals surface area contributed by atoms with E-state index in [0.717, 1.165) is 11.9 Å². The fraction of sp³-hybridized carbons (Fsp3) is 0.357. The summed E-state index contributed by atoms with van der Waals surface area (Å²) in [5, 5.41) is 1.20. The molecule has 0 spiro atoms. The molecule has 0 fully saturated rings. The Morgan fingerprint density at radius 2 is 2.06 bits per heavy atom. The third-order valence-electron chi connectivity index (χ3n) is 2.57. The smallest absolute Gasteiger partial charge is 0.0734 e. The highest BCUT2D eigenvalue weighted by atomic mass is 14.7. The van der Waals surface area contributed by atoms with Crippen molar-refractivity contribution in [3.05, 3.63) is 41.6 Å². The molecule has 0 aliphatic carbocycles. The van der Waals surface area contributed by atoms with E-state index < -0.39 is 0 Å². The van der Waals surface area contributed by atoms with Gasteiger partial charge in [-0.05, 0) is 44.9 Å². The summed E-state index contributed by atoms with van der Waals surface area (Å²) >= 11 is 0. The van der Waals surface area contributed by atoms with E-state index in [9.17, 15) is 0 Å². The average molecular weight is 214 g/mol. The molecule has 2 aromatic rings. The van der Waals surface area contributed by atoms with Crippen LogP contribution in [0.5, 0.6) is 0 Å². The van der Waals surface area contributed by atoms with Crippen molar-refractivity contribution in [1.82, 2.24) is 4.98 Å². The number of fused-ring (bicyclic) bond motifs is 1. The second kappa shape index (κ2) is 3.87. The molecular formula is C14H18N2. The second-order valence-electron chi connectivity index (χ2n) is 5.16. The SMILES string of the molecule is Cc1cc(CC(C)(C)N)c2ncccc2c1. The zero-order chi connectivity index (χ0) is 11.8. The standard InChI is InChI=1S/C14H18N2/c1-10-7-11-5-4-6-16-13(11)12(8-10)9-14(2,3)15/h4-8H,9,15H2,1-3H3. The fourth-order valence-corrected chi connectivity index (χ4v) is 2.06. The molecule has 0 bridgehead atoms. The molecule has 0 amide bonds. The first-order valence-electron chi connectivity index (χ1n) is 5.59. The number of benzene rings is 1. The molecule has 0 atom stereocenters. The minimum atomic E-state index is -0.196. The Morgan fingerprint density at radius 1 is 1.31 bits per heavy atom. The van der Waals surface area contributed by atoms with Gasteiger partial charge in [0.05, 0.1) is 5.52 Å². The van der Waals surface area contributed by atoms with Gasteiger partial charge in [0.1, 0.15) is 0 Å². The van der Waals surface area contributed by atoms with Gasteiger partial charge in [0, 0.05) is 17.1 Å². The van der Waals surface area contributed by atoms with Crippen molar-refractivity contribution in [3.63, 3.8) is 0 Å². The Kier molecular flexibility index (Phi) is 2.68. The van der Waals surface area contributed by atoms with Crippen LogP contribution < -0.4 is 5.73 Å². The zero-order valence-corrected chi connectivity index (χ0v) is 10.1. The maximum absolute atomic E-state index is 6.08. The van der Waals surface area contributed by atoms with Gasteiger partial charge in [0.25, 0.3) is 0 Å². The van der Waals surface area contributed by atoms with Crippen molar-refractivity contribution in [2.75, 3.05) is 0 Å². The van der Waals surface area contributed by atoms with E-state index >= 15 is 0 Å². The monoisotopic (exact) mass is 214 g/mol. The summed E-state index contributed by atoms with van der Waals surface area (Å²) < 4.78 is 0. The summed E-state index contributed by atoms with van der Waals surface area (Å²) in [5.74, 6) is 0. The lowest BCUT2D eigenvalue weighted by molar-refractivity contribution is 0.518. The highest BCUT2D eigenvalue weighted by Crippen LogP contribution is 2.21. The van der Waals surface area contributed by atoms with Crippen molar-refractivity contribution in [1.29, 1.82) is 0 Å². The maximum Gasteiger partial charge on any atom is 0.0734 e. The number of aryl methyl sites for hydroxylation is 1. The molecule has 2 rings (SSSR count). The van der Waals surface area contributed by atoms with E-state index in [2.05, 4.69) is 30.1 Å². The normalized spacial score (nSPS) is 12.0. The van der Waals surface area contributed by atoms with E-state index in [1.807, 2.05) is 26.1 Å².